The maximum absolute atomic E-state index is 3.59. The molecule has 0 amide bonds. The van der Waals surface area contributed by atoms with Gasteiger partial charge >= 0.3 is 0 Å². The number of rotatable bonds is 3. The highest BCUT2D eigenvalue weighted by Gasteiger charge is 2.20. The summed E-state index contributed by atoms with van der Waals surface area (Å²) in [5.74, 6) is 0.924. The molecule has 13 heavy (non-hydrogen) atoms. The molecule has 1 aromatic carbocycles. The molecule has 0 bridgehead atoms. The maximum Gasteiger partial charge on any atom is 0.0487 e. The zero-order valence-corrected chi connectivity index (χ0v) is 9.39. The highest BCUT2D eigenvalue weighted by Crippen LogP contribution is 2.31. The summed E-state index contributed by atoms with van der Waals surface area (Å²) < 4.78 is 1.20. The van der Waals surface area contributed by atoms with E-state index in [1.54, 1.807) is 0 Å². The van der Waals surface area contributed by atoms with Crippen LogP contribution in [0.2, 0.25) is 0 Å². The second kappa shape index (κ2) is 3.70. The molecule has 1 aliphatic carbocycles. The first kappa shape index (κ1) is 9.07. The van der Waals surface area contributed by atoms with E-state index < -0.39 is 0 Å². The zero-order chi connectivity index (χ0) is 9.26. The van der Waals surface area contributed by atoms with Gasteiger partial charge in [0.25, 0.3) is 0 Å². The molecule has 2 heteroatoms. The van der Waals surface area contributed by atoms with E-state index in [1.807, 2.05) is 0 Å². The average molecular weight is 240 g/mol. The van der Waals surface area contributed by atoms with Crippen molar-refractivity contribution >= 4 is 21.6 Å². The Balaban J connectivity index is 2.05. The van der Waals surface area contributed by atoms with Gasteiger partial charge in [-0.3, -0.25) is 0 Å². The first-order valence-electron chi connectivity index (χ1n) is 4.76. The summed E-state index contributed by atoms with van der Waals surface area (Å²) in [6.45, 7) is 3.24. The van der Waals surface area contributed by atoms with Crippen molar-refractivity contribution in [3.8, 4) is 0 Å². The van der Waals surface area contributed by atoms with E-state index >= 15 is 0 Å². The van der Waals surface area contributed by atoms with Crippen LogP contribution in [0.5, 0.6) is 0 Å². The van der Waals surface area contributed by atoms with Crippen LogP contribution in [0, 0.1) is 12.8 Å². The topological polar surface area (TPSA) is 12.0 Å². The summed E-state index contributed by atoms with van der Waals surface area (Å²) in [5.41, 5.74) is 2.52. The Morgan fingerprint density at radius 3 is 2.92 bits per heavy atom. The minimum Gasteiger partial charge on any atom is -0.384 e. The van der Waals surface area contributed by atoms with Crippen LogP contribution in [0.4, 0.5) is 5.69 Å². The standard InChI is InChI=1S/C11H14BrN/c1-8-3-2-4-10(11(8)12)13-7-9-5-6-9/h2-4,9,13H,5-7H2,1H3. The Bertz CT molecular complexity index is 305. The number of anilines is 1. The quantitative estimate of drug-likeness (QED) is 0.851. The van der Waals surface area contributed by atoms with E-state index in [-0.39, 0.29) is 0 Å². The fourth-order valence-electron chi connectivity index (χ4n) is 1.36. The van der Waals surface area contributed by atoms with Gasteiger partial charge in [0.1, 0.15) is 0 Å². The van der Waals surface area contributed by atoms with E-state index in [2.05, 4.69) is 46.4 Å². The summed E-state index contributed by atoms with van der Waals surface area (Å²) >= 11 is 3.59. The fourth-order valence-corrected chi connectivity index (χ4v) is 1.76. The molecule has 0 saturated heterocycles. The third-order valence-corrected chi connectivity index (χ3v) is 3.52. The molecule has 1 N–H and O–H groups in total. The lowest BCUT2D eigenvalue weighted by atomic mass is 10.2. The Morgan fingerprint density at radius 2 is 2.23 bits per heavy atom. The smallest absolute Gasteiger partial charge is 0.0487 e. The van der Waals surface area contributed by atoms with Crippen molar-refractivity contribution in [2.45, 2.75) is 19.8 Å². The van der Waals surface area contributed by atoms with Gasteiger partial charge in [0.05, 0.1) is 0 Å². The van der Waals surface area contributed by atoms with Gasteiger partial charge in [-0.2, -0.15) is 0 Å². The zero-order valence-electron chi connectivity index (χ0n) is 7.81. The Kier molecular flexibility index (Phi) is 2.58. The number of nitrogens with one attached hydrogen (secondary N) is 1. The molecule has 0 radical (unpaired) electrons. The number of aryl methyl sites for hydroxylation is 1. The molecule has 70 valence electrons. The molecule has 1 nitrogen and oxygen atoms in total. The van der Waals surface area contributed by atoms with Crippen molar-refractivity contribution < 1.29 is 0 Å². The second-order valence-electron chi connectivity index (χ2n) is 3.76. The molecule has 0 heterocycles. The fraction of sp³-hybridized carbons (Fsp3) is 0.455. The summed E-state index contributed by atoms with van der Waals surface area (Å²) in [6.07, 6.45) is 2.80. The third kappa shape index (κ3) is 2.25. The minimum absolute atomic E-state index is 0.924. The minimum atomic E-state index is 0.924. The Morgan fingerprint density at radius 1 is 1.46 bits per heavy atom. The van der Waals surface area contributed by atoms with Crippen LogP contribution in [0.3, 0.4) is 0 Å². The van der Waals surface area contributed by atoms with Gasteiger partial charge in [-0.15, -0.1) is 0 Å². The monoisotopic (exact) mass is 239 g/mol. The van der Waals surface area contributed by atoms with Crippen LogP contribution in [-0.4, -0.2) is 6.54 Å². The number of hydrogen-bond acceptors (Lipinski definition) is 1. The maximum atomic E-state index is 3.59. The van der Waals surface area contributed by atoms with Crippen molar-refractivity contribution in [1.82, 2.24) is 0 Å². The molecule has 1 aromatic rings. The van der Waals surface area contributed by atoms with Crippen molar-refractivity contribution in [3.63, 3.8) is 0 Å². The highest BCUT2D eigenvalue weighted by molar-refractivity contribution is 9.10. The van der Waals surface area contributed by atoms with Crippen molar-refractivity contribution in [3.05, 3.63) is 28.2 Å². The molecule has 0 spiro atoms. The van der Waals surface area contributed by atoms with Gasteiger partial charge in [0, 0.05) is 16.7 Å². The van der Waals surface area contributed by atoms with Gasteiger partial charge in [-0.1, -0.05) is 12.1 Å². The molecular weight excluding hydrogens is 226 g/mol. The van der Waals surface area contributed by atoms with E-state index in [0.717, 1.165) is 12.5 Å². The molecule has 0 aromatic heterocycles. The largest absolute Gasteiger partial charge is 0.384 e. The van der Waals surface area contributed by atoms with E-state index in [4.69, 9.17) is 0 Å². The number of benzene rings is 1. The predicted octanol–water partition coefficient (Wildman–Crippen LogP) is 3.58. The van der Waals surface area contributed by atoms with Gasteiger partial charge in [-0.05, 0) is 53.2 Å². The second-order valence-corrected chi connectivity index (χ2v) is 4.55. The molecule has 1 saturated carbocycles. The average Bonchev–Trinajstić information content (AvgIpc) is 2.91. The van der Waals surface area contributed by atoms with Crippen LogP contribution in [-0.2, 0) is 0 Å². The van der Waals surface area contributed by atoms with Gasteiger partial charge in [0.15, 0.2) is 0 Å². The third-order valence-electron chi connectivity index (χ3n) is 2.47. The summed E-state index contributed by atoms with van der Waals surface area (Å²) in [7, 11) is 0. The number of hydrogen-bond donors (Lipinski definition) is 1. The molecule has 1 aliphatic rings. The van der Waals surface area contributed by atoms with E-state index in [9.17, 15) is 0 Å². The van der Waals surface area contributed by atoms with Gasteiger partial charge in [0.2, 0.25) is 0 Å². The van der Waals surface area contributed by atoms with Gasteiger partial charge in [-0.25, -0.2) is 0 Å². The van der Waals surface area contributed by atoms with Crippen LogP contribution in [0.15, 0.2) is 22.7 Å². The normalized spacial score (nSPS) is 15.8. The number of halogens is 1. The van der Waals surface area contributed by atoms with Crippen molar-refractivity contribution in [1.29, 1.82) is 0 Å². The van der Waals surface area contributed by atoms with Crippen LogP contribution >= 0.6 is 15.9 Å². The van der Waals surface area contributed by atoms with E-state index in [0.29, 0.717) is 0 Å². The Labute approximate surface area is 87.7 Å². The lowest BCUT2D eigenvalue weighted by molar-refractivity contribution is 0.888. The first-order chi connectivity index (χ1) is 6.27. The predicted molar refractivity (Wildman–Crippen MR) is 60.1 cm³/mol. The SMILES string of the molecule is Cc1cccc(NCC2CC2)c1Br. The highest BCUT2D eigenvalue weighted by atomic mass is 79.9. The first-order valence-corrected chi connectivity index (χ1v) is 5.55. The molecule has 0 atom stereocenters. The summed E-state index contributed by atoms with van der Waals surface area (Å²) in [6, 6.07) is 6.33. The van der Waals surface area contributed by atoms with Crippen LogP contribution in [0.25, 0.3) is 0 Å². The molecule has 0 unspecified atom stereocenters. The lowest BCUT2D eigenvalue weighted by Crippen LogP contribution is -2.03. The Hall–Kier alpha value is -0.500. The molecule has 0 aliphatic heterocycles. The van der Waals surface area contributed by atoms with Gasteiger partial charge < -0.3 is 5.32 Å². The van der Waals surface area contributed by atoms with Crippen LogP contribution in [0.1, 0.15) is 18.4 Å². The summed E-state index contributed by atoms with van der Waals surface area (Å²) in [5, 5.41) is 3.47. The van der Waals surface area contributed by atoms with E-state index in [1.165, 1.54) is 28.6 Å². The molecular formula is C11H14BrN. The summed E-state index contributed by atoms with van der Waals surface area (Å²) in [4.78, 5) is 0. The van der Waals surface area contributed by atoms with Crippen molar-refractivity contribution in [2.75, 3.05) is 11.9 Å². The molecule has 1 fully saturated rings. The molecule has 2 rings (SSSR count). The van der Waals surface area contributed by atoms with Crippen LogP contribution < -0.4 is 5.32 Å². The van der Waals surface area contributed by atoms with Crippen molar-refractivity contribution in [2.24, 2.45) is 5.92 Å². The lowest BCUT2D eigenvalue weighted by Gasteiger charge is -2.09.